The zero-order valence-electron chi connectivity index (χ0n) is 17.5. The molecule has 1 atom stereocenters. The highest BCUT2D eigenvalue weighted by atomic mass is 16.5. The summed E-state index contributed by atoms with van der Waals surface area (Å²) in [5, 5.41) is 15.0. The average Bonchev–Trinajstić information content (AvgIpc) is 3.26. The number of nitrogens with one attached hydrogen (secondary N) is 1. The molecule has 0 spiro atoms. The summed E-state index contributed by atoms with van der Waals surface area (Å²) in [5.41, 5.74) is 1.71. The molecule has 9 nitrogen and oxygen atoms in total. The second-order valence-corrected chi connectivity index (χ2v) is 7.98. The first-order valence-corrected chi connectivity index (χ1v) is 10.3. The van der Waals surface area contributed by atoms with Crippen molar-refractivity contribution in [1.82, 2.24) is 30.3 Å². The second-order valence-electron chi connectivity index (χ2n) is 7.98. The number of benzene rings is 1. The molecule has 1 N–H and O–H groups in total. The highest BCUT2D eigenvalue weighted by molar-refractivity contribution is 5.79. The summed E-state index contributed by atoms with van der Waals surface area (Å²) >= 11 is 0. The van der Waals surface area contributed by atoms with Gasteiger partial charge in [0, 0.05) is 19.0 Å². The third-order valence-corrected chi connectivity index (χ3v) is 5.72. The first kappa shape index (κ1) is 20.1. The number of carbonyl (C=O) groups is 1. The van der Waals surface area contributed by atoms with E-state index in [0.717, 1.165) is 43.1 Å². The van der Waals surface area contributed by atoms with E-state index in [0.29, 0.717) is 5.65 Å². The Balaban J connectivity index is 1.40. The second kappa shape index (κ2) is 8.64. The summed E-state index contributed by atoms with van der Waals surface area (Å²) in [4.78, 5) is 19.4. The van der Waals surface area contributed by atoms with Crippen LogP contribution in [0.1, 0.15) is 38.3 Å². The Kier molecular flexibility index (Phi) is 5.78. The van der Waals surface area contributed by atoms with E-state index in [1.807, 2.05) is 24.3 Å². The summed E-state index contributed by atoms with van der Waals surface area (Å²) < 4.78 is 6.93. The van der Waals surface area contributed by atoms with E-state index in [2.05, 4.69) is 44.6 Å². The van der Waals surface area contributed by atoms with Crippen molar-refractivity contribution in [3.05, 3.63) is 42.2 Å². The molecule has 2 aromatic heterocycles. The van der Waals surface area contributed by atoms with Gasteiger partial charge in [-0.2, -0.15) is 4.52 Å². The summed E-state index contributed by atoms with van der Waals surface area (Å²) in [5.74, 6) is 2.05. The van der Waals surface area contributed by atoms with Crippen molar-refractivity contribution in [1.29, 1.82) is 0 Å². The van der Waals surface area contributed by atoms with Crippen LogP contribution in [0.4, 0.5) is 5.82 Å². The minimum atomic E-state index is -0.0272. The molecule has 158 valence electrons. The molecule has 0 aliphatic carbocycles. The third-order valence-electron chi connectivity index (χ3n) is 5.72. The van der Waals surface area contributed by atoms with Crippen molar-refractivity contribution in [3.8, 4) is 5.75 Å². The van der Waals surface area contributed by atoms with Crippen LogP contribution >= 0.6 is 0 Å². The van der Waals surface area contributed by atoms with Gasteiger partial charge < -0.3 is 15.0 Å². The SMILES string of the molecule is COc1ccc([C@@H](NC(=O)C2CCN(c3cncc4nnnn34)CC2)C(C)C)cc1. The van der Waals surface area contributed by atoms with E-state index in [4.69, 9.17) is 4.74 Å². The van der Waals surface area contributed by atoms with Crippen LogP contribution in [-0.2, 0) is 4.79 Å². The number of fused-ring (bicyclic) bond motifs is 1. The lowest BCUT2D eigenvalue weighted by Gasteiger charge is -2.33. The number of carbonyl (C=O) groups excluding carboxylic acids is 1. The lowest BCUT2D eigenvalue weighted by atomic mass is 9.92. The van der Waals surface area contributed by atoms with Crippen LogP contribution in [0.3, 0.4) is 0 Å². The van der Waals surface area contributed by atoms with Crippen molar-refractivity contribution in [3.63, 3.8) is 0 Å². The Bertz CT molecular complexity index is 994. The molecule has 1 saturated heterocycles. The Morgan fingerprint density at radius 3 is 2.57 bits per heavy atom. The van der Waals surface area contributed by atoms with Gasteiger partial charge in [0.25, 0.3) is 0 Å². The molecule has 1 aliphatic rings. The number of piperidine rings is 1. The number of hydrogen-bond donors (Lipinski definition) is 1. The average molecular weight is 409 g/mol. The Morgan fingerprint density at radius 1 is 1.17 bits per heavy atom. The van der Waals surface area contributed by atoms with Crippen molar-refractivity contribution in [2.45, 2.75) is 32.7 Å². The molecule has 1 aliphatic heterocycles. The molecule has 1 fully saturated rings. The number of aromatic nitrogens is 5. The maximum Gasteiger partial charge on any atom is 0.223 e. The number of amides is 1. The van der Waals surface area contributed by atoms with Crippen LogP contribution in [0.25, 0.3) is 5.65 Å². The van der Waals surface area contributed by atoms with Gasteiger partial charge in [-0.1, -0.05) is 26.0 Å². The molecule has 3 aromatic rings. The number of ether oxygens (including phenoxy) is 1. The molecule has 4 rings (SSSR count). The van der Waals surface area contributed by atoms with Gasteiger partial charge in [0.15, 0.2) is 11.5 Å². The van der Waals surface area contributed by atoms with E-state index in [1.165, 1.54) is 0 Å². The lowest BCUT2D eigenvalue weighted by Crippen LogP contribution is -2.43. The van der Waals surface area contributed by atoms with E-state index in [1.54, 1.807) is 24.0 Å². The molecule has 0 bridgehead atoms. The van der Waals surface area contributed by atoms with Crippen LogP contribution in [-0.4, -0.2) is 51.1 Å². The van der Waals surface area contributed by atoms with Gasteiger partial charge in [0.05, 0.1) is 25.5 Å². The maximum absolute atomic E-state index is 13.0. The van der Waals surface area contributed by atoms with E-state index >= 15 is 0 Å². The smallest absolute Gasteiger partial charge is 0.223 e. The summed E-state index contributed by atoms with van der Waals surface area (Å²) in [6.45, 7) is 5.76. The normalized spacial score (nSPS) is 16.1. The van der Waals surface area contributed by atoms with Crippen LogP contribution in [0, 0.1) is 11.8 Å². The Morgan fingerprint density at radius 2 is 1.90 bits per heavy atom. The number of methoxy groups -OCH3 is 1. The van der Waals surface area contributed by atoms with Gasteiger partial charge in [-0.15, -0.1) is 5.10 Å². The summed E-state index contributed by atoms with van der Waals surface area (Å²) in [6.07, 6.45) is 4.95. The van der Waals surface area contributed by atoms with Crippen LogP contribution in [0.2, 0.25) is 0 Å². The Labute approximate surface area is 175 Å². The van der Waals surface area contributed by atoms with Crippen molar-refractivity contribution < 1.29 is 9.53 Å². The molecule has 30 heavy (non-hydrogen) atoms. The summed E-state index contributed by atoms with van der Waals surface area (Å²) in [7, 11) is 1.65. The van der Waals surface area contributed by atoms with Crippen molar-refractivity contribution in [2.75, 3.05) is 25.1 Å². The minimum Gasteiger partial charge on any atom is -0.497 e. The van der Waals surface area contributed by atoms with Crippen LogP contribution < -0.4 is 15.0 Å². The fourth-order valence-electron chi connectivity index (χ4n) is 3.97. The molecule has 0 radical (unpaired) electrons. The molecular weight excluding hydrogens is 382 g/mol. The van der Waals surface area contributed by atoms with Crippen LogP contribution in [0.15, 0.2) is 36.7 Å². The molecular formula is C21H27N7O2. The fraction of sp³-hybridized carbons (Fsp3) is 0.476. The number of rotatable bonds is 6. The van der Waals surface area contributed by atoms with E-state index < -0.39 is 0 Å². The molecule has 0 saturated carbocycles. The van der Waals surface area contributed by atoms with Crippen molar-refractivity contribution in [2.24, 2.45) is 11.8 Å². The van der Waals surface area contributed by atoms with Gasteiger partial charge >= 0.3 is 0 Å². The monoisotopic (exact) mass is 409 g/mol. The van der Waals surface area contributed by atoms with Gasteiger partial charge in [0.2, 0.25) is 5.91 Å². The molecule has 3 heterocycles. The van der Waals surface area contributed by atoms with Gasteiger partial charge in [-0.05, 0) is 46.9 Å². The minimum absolute atomic E-state index is 0.0122. The van der Waals surface area contributed by atoms with Gasteiger partial charge in [-0.3, -0.25) is 9.78 Å². The van der Waals surface area contributed by atoms with Crippen molar-refractivity contribution >= 4 is 17.4 Å². The lowest BCUT2D eigenvalue weighted by molar-refractivity contribution is -0.126. The molecule has 0 unspecified atom stereocenters. The number of nitrogens with zero attached hydrogens (tertiary/aromatic N) is 6. The number of hydrogen-bond acceptors (Lipinski definition) is 7. The van der Waals surface area contributed by atoms with E-state index in [-0.39, 0.29) is 23.8 Å². The first-order valence-electron chi connectivity index (χ1n) is 10.3. The van der Waals surface area contributed by atoms with E-state index in [9.17, 15) is 4.79 Å². The largest absolute Gasteiger partial charge is 0.497 e. The van der Waals surface area contributed by atoms with Gasteiger partial charge in [-0.25, -0.2) is 0 Å². The predicted molar refractivity (Wildman–Crippen MR) is 112 cm³/mol. The zero-order valence-corrected chi connectivity index (χ0v) is 17.5. The highest BCUT2D eigenvalue weighted by Crippen LogP contribution is 2.27. The van der Waals surface area contributed by atoms with Gasteiger partial charge in [0.1, 0.15) is 5.75 Å². The third kappa shape index (κ3) is 4.05. The standard InChI is InChI=1S/C21H27N7O2/c1-14(2)20(15-4-6-17(30-3)7-5-15)23-21(29)16-8-10-27(11-9-16)19-13-22-12-18-24-25-26-28(18)19/h4-7,12-14,16,20H,8-11H2,1-3H3,(H,23,29)/t20-/m0/s1. The predicted octanol–water partition coefficient (Wildman–Crippen LogP) is 2.26. The molecule has 1 amide bonds. The summed E-state index contributed by atoms with van der Waals surface area (Å²) in [6, 6.07) is 7.88. The molecule has 1 aromatic carbocycles. The fourth-order valence-corrected chi connectivity index (χ4v) is 3.97. The Hall–Kier alpha value is -3.23. The topological polar surface area (TPSA) is 97.5 Å². The quantitative estimate of drug-likeness (QED) is 0.667. The van der Waals surface area contributed by atoms with Crippen LogP contribution in [0.5, 0.6) is 5.75 Å². The maximum atomic E-state index is 13.0. The first-order chi connectivity index (χ1) is 14.6. The number of tetrazole rings is 1. The zero-order chi connectivity index (χ0) is 21.1. The highest BCUT2D eigenvalue weighted by Gasteiger charge is 2.29. The molecule has 9 heteroatoms. The number of anilines is 1.